The third kappa shape index (κ3) is 3.98. The molecule has 0 radical (unpaired) electrons. The molecule has 1 heterocycles. The second-order valence-electron chi connectivity index (χ2n) is 4.91. The van der Waals surface area contributed by atoms with Gasteiger partial charge >= 0.3 is 6.09 Å². The van der Waals surface area contributed by atoms with Crippen LogP contribution >= 0.6 is 0 Å². The van der Waals surface area contributed by atoms with Crippen molar-refractivity contribution in [2.24, 2.45) is 0 Å². The Labute approximate surface area is 96.3 Å². The highest BCUT2D eigenvalue weighted by atomic mass is 16.6. The van der Waals surface area contributed by atoms with Crippen molar-refractivity contribution in [2.45, 2.75) is 38.8 Å². The summed E-state index contributed by atoms with van der Waals surface area (Å²) in [6, 6.07) is -0.0754. The van der Waals surface area contributed by atoms with E-state index >= 15 is 0 Å². The predicted octanol–water partition coefficient (Wildman–Crippen LogP) is 1.00. The number of nitrogens with zero attached hydrogens (tertiary/aromatic N) is 1. The smallest absolute Gasteiger partial charge is 0.410 e. The normalized spacial score (nSPS) is 22.0. The Balaban J connectivity index is 2.57. The van der Waals surface area contributed by atoms with Crippen LogP contribution in [-0.2, 0) is 9.47 Å². The zero-order chi connectivity index (χ0) is 12.2. The molecule has 0 aromatic carbocycles. The van der Waals surface area contributed by atoms with Crippen LogP contribution in [0.4, 0.5) is 4.79 Å². The van der Waals surface area contributed by atoms with Crippen LogP contribution in [0.25, 0.3) is 0 Å². The van der Waals surface area contributed by atoms with Crippen molar-refractivity contribution in [3.63, 3.8) is 0 Å². The molecule has 0 saturated carbocycles. The minimum absolute atomic E-state index is 0.0489. The molecule has 5 heteroatoms. The number of carbonyl (C=O) groups is 1. The Kier molecular flexibility index (Phi) is 4.56. The number of amides is 1. The van der Waals surface area contributed by atoms with Gasteiger partial charge in [0.05, 0.1) is 19.3 Å². The monoisotopic (exact) mass is 231 g/mol. The van der Waals surface area contributed by atoms with Crippen LogP contribution in [0.1, 0.15) is 27.2 Å². The number of hydrogen-bond donors (Lipinski definition) is 1. The molecule has 94 valence electrons. The summed E-state index contributed by atoms with van der Waals surface area (Å²) >= 11 is 0. The highest BCUT2D eigenvalue weighted by Crippen LogP contribution is 2.16. The molecule has 0 aromatic heterocycles. The molecule has 0 spiro atoms. The molecular formula is C11H21NO4. The minimum Gasteiger partial charge on any atom is -0.444 e. The van der Waals surface area contributed by atoms with Crippen molar-refractivity contribution >= 4 is 6.09 Å². The molecule has 1 unspecified atom stereocenters. The van der Waals surface area contributed by atoms with Crippen LogP contribution in [0.3, 0.4) is 0 Å². The molecular weight excluding hydrogens is 210 g/mol. The number of hydrogen-bond acceptors (Lipinski definition) is 4. The molecule has 16 heavy (non-hydrogen) atoms. The van der Waals surface area contributed by atoms with Gasteiger partial charge in [0.1, 0.15) is 5.60 Å². The fourth-order valence-electron chi connectivity index (χ4n) is 1.60. The number of ether oxygens (including phenoxy) is 2. The van der Waals surface area contributed by atoms with E-state index in [0.717, 1.165) is 0 Å². The van der Waals surface area contributed by atoms with Gasteiger partial charge in [-0.25, -0.2) is 4.79 Å². The summed E-state index contributed by atoms with van der Waals surface area (Å²) in [5.41, 5.74) is -0.487. The lowest BCUT2D eigenvalue weighted by Crippen LogP contribution is -2.50. The Morgan fingerprint density at radius 3 is 2.81 bits per heavy atom. The first-order valence-corrected chi connectivity index (χ1v) is 5.62. The van der Waals surface area contributed by atoms with Gasteiger partial charge in [-0.1, -0.05) is 0 Å². The summed E-state index contributed by atoms with van der Waals surface area (Å²) in [6.07, 6.45) is 0.202. The molecule has 0 aromatic rings. The van der Waals surface area contributed by atoms with Crippen molar-refractivity contribution in [3.05, 3.63) is 0 Å². The summed E-state index contributed by atoms with van der Waals surface area (Å²) in [6.45, 7) is 7.10. The van der Waals surface area contributed by atoms with E-state index in [4.69, 9.17) is 14.6 Å². The first kappa shape index (κ1) is 13.3. The van der Waals surface area contributed by atoms with E-state index in [0.29, 0.717) is 26.2 Å². The molecule has 1 N–H and O–H groups in total. The maximum atomic E-state index is 11.9. The van der Waals surface area contributed by atoms with E-state index in [9.17, 15) is 4.79 Å². The second-order valence-corrected chi connectivity index (χ2v) is 4.91. The topological polar surface area (TPSA) is 59.0 Å². The highest BCUT2D eigenvalue weighted by Gasteiger charge is 2.30. The lowest BCUT2D eigenvalue weighted by atomic mass is 10.1. The summed E-state index contributed by atoms with van der Waals surface area (Å²) < 4.78 is 10.6. The predicted molar refractivity (Wildman–Crippen MR) is 59.2 cm³/mol. The highest BCUT2D eigenvalue weighted by molar-refractivity contribution is 5.68. The van der Waals surface area contributed by atoms with E-state index < -0.39 is 5.60 Å². The molecule has 1 saturated heterocycles. The number of carbonyl (C=O) groups excluding carboxylic acids is 1. The van der Waals surface area contributed by atoms with Gasteiger partial charge in [0.25, 0.3) is 0 Å². The fourth-order valence-corrected chi connectivity index (χ4v) is 1.60. The van der Waals surface area contributed by atoms with Gasteiger partial charge in [0.15, 0.2) is 0 Å². The quantitative estimate of drug-likeness (QED) is 0.770. The van der Waals surface area contributed by atoms with Crippen LogP contribution < -0.4 is 0 Å². The van der Waals surface area contributed by atoms with Crippen molar-refractivity contribution in [3.8, 4) is 0 Å². The second kappa shape index (κ2) is 5.50. The van der Waals surface area contributed by atoms with E-state index in [1.54, 1.807) is 4.90 Å². The van der Waals surface area contributed by atoms with Gasteiger partial charge in [0.2, 0.25) is 0 Å². The molecule has 1 fully saturated rings. The van der Waals surface area contributed by atoms with Crippen molar-refractivity contribution < 1.29 is 19.4 Å². The Bertz CT molecular complexity index is 235. The Hall–Kier alpha value is -0.810. The molecule has 5 nitrogen and oxygen atoms in total. The Morgan fingerprint density at radius 2 is 2.25 bits per heavy atom. The molecule has 1 aliphatic rings. The van der Waals surface area contributed by atoms with Crippen molar-refractivity contribution in [2.75, 3.05) is 26.4 Å². The van der Waals surface area contributed by atoms with Gasteiger partial charge in [-0.05, 0) is 27.2 Å². The summed E-state index contributed by atoms with van der Waals surface area (Å²) in [7, 11) is 0. The zero-order valence-electron chi connectivity index (χ0n) is 10.2. The first-order chi connectivity index (χ1) is 7.44. The fraction of sp³-hybridized carbons (Fsp3) is 0.909. The lowest BCUT2D eigenvalue weighted by molar-refractivity contribution is -0.0367. The van der Waals surface area contributed by atoms with Gasteiger partial charge in [-0.3, -0.25) is 0 Å². The molecule has 1 aliphatic heterocycles. The lowest BCUT2D eigenvalue weighted by Gasteiger charge is -2.36. The molecule has 1 amide bonds. The number of aliphatic hydroxyl groups is 1. The standard InChI is InChI=1S/C11H21NO4/c1-11(2,3)16-10(14)12-5-7-15-8-9(12)4-6-13/h9,13H,4-8H2,1-3H3. The van der Waals surface area contributed by atoms with E-state index in [1.165, 1.54) is 0 Å². The Morgan fingerprint density at radius 1 is 1.56 bits per heavy atom. The van der Waals surface area contributed by atoms with Crippen LogP contribution in [0.2, 0.25) is 0 Å². The minimum atomic E-state index is -0.487. The number of rotatable bonds is 2. The molecule has 0 bridgehead atoms. The summed E-state index contributed by atoms with van der Waals surface area (Å²) in [5, 5.41) is 8.92. The number of morpholine rings is 1. The summed E-state index contributed by atoms with van der Waals surface area (Å²) in [5.74, 6) is 0. The summed E-state index contributed by atoms with van der Waals surface area (Å²) in [4.78, 5) is 13.5. The van der Waals surface area contributed by atoms with Gasteiger partial charge in [0, 0.05) is 13.2 Å². The van der Waals surface area contributed by atoms with E-state index in [-0.39, 0.29) is 18.7 Å². The maximum Gasteiger partial charge on any atom is 0.410 e. The first-order valence-electron chi connectivity index (χ1n) is 5.62. The van der Waals surface area contributed by atoms with Crippen molar-refractivity contribution in [1.82, 2.24) is 4.90 Å². The van der Waals surface area contributed by atoms with Crippen LogP contribution in [-0.4, -0.2) is 54.1 Å². The molecule has 0 aliphatic carbocycles. The van der Waals surface area contributed by atoms with Crippen LogP contribution in [0.15, 0.2) is 0 Å². The molecule has 1 rings (SSSR count). The third-order valence-electron chi connectivity index (χ3n) is 2.32. The third-order valence-corrected chi connectivity index (χ3v) is 2.32. The van der Waals surface area contributed by atoms with Gasteiger partial charge < -0.3 is 19.5 Å². The zero-order valence-corrected chi connectivity index (χ0v) is 10.2. The van der Waals surface area contributed by atoms with E-state index in [1.807, 2.05) is 20.8 Å². The van der Waals surface area contributed by atoms with Gasteiger partial charge in [-0.2, -0.15) is 0 Å². The van der Waals surface area contributed by atoms with E-state index in [2.05, 4.69) is 0 Å². The largest absolute Gasteiger partial charge is 0.444 e. The average molecular weight is 231 g/mol. The van der Waals surface area contributed by atoms with Crippen LogP contribution in [0, 0.1) is 0 Å². The number of aliphatic hydroxyl groups excluding tert-OH is 1. The van der Waals surface area contributed by atoms with Crippen molar-refractivity contribution in [1.29, 1.82) is 0 Å². The molecule has 1 atom stereocenters. The maximum absolute atomic E-state index is 11.9. The van der Waals surface area contributed by atoms with Gasteiger partial charge in [-0.15, -0.1) is 0 Å². The van der Waals surface area contributed by atoms with Crippen LogP contribution in [0.5, 0.6) is 0 Å². The average Bonchev–Trinajstić information content (AvgIpc) is 2.16. The SMILES string of the molecule is CC(C)(C)OC(=O)N1CCOCC1CCO.